The summed E-state index contributed by atoms with van der Waals surface area (Å²) >= 11 is 0. The zero-order valence-electron chi connectivity index (χ0n) is 11.4. The summed E-state index contributed by atoms with van der Waals surface area (Å²) in [5.41, 5.74) is 2.55. The van der Waals surface area contributed by atoms with Crippen molar-refractivity contribution in [3.63, 3.8) is 0 Å². The van der Waals surface area contributed by atoms with E-state index in [-0.39, 0.29) is 0 Å². The van der Waals surface area contributed by atoms with E-state index in [2.05, 4.69) is 14.5 Å². The van der Waals surface area contributed by atoms with E-state index in [1.807, 2.05) is 25.4 Å². The molecule has 5 heteroatoms. The van der Waals surface area contributed by atoms with Crippen LogP contribution in [0.3, 0.4) is 0 Å². The molecule has 1 aromatic carbocycles. The molecule has 5 nitrogen and oxygen atoms in total. The van der Waals surface area contributed by atoms with Crippen molar-refractivity contribution in [1.82, 2.24) is 14.5 Å². The average Bonchev–Trinajstić information content (AvgIpc) is 2.88. The first-order valence-corrected chi connectivity index (χ1v) is 6.68. The van der Waals surface area contributed by atoms with Crippen LogP contribution >= 0.6 is 0 Å². The Balaban J connectivity index is 1.74. The summed E-state index contributed by atoms with van der Waals surface area (Å²) in [5.74, 6) is 0.218. The summed E-state index contributed by atoms with van der Waals surface area (Å²) in [6.45, 7) is 5.59. The highest BCUT2D eigenvalue weighted by Gasteiger charge is 2.17. The predicted octanol–water partition coefficient (Wildman–Crippen LogP) is 1.91. The number of aryl methyl sites for hydroxylation is 1. The van der Waals surface area contributed by atoms with Crippen molar-refractivity contribution in [2.45, 2.75) is 26.6 Å². The zero-order valence-corrected chi connectivity index (χ0v) is 11.4. The van der Waals surface area contributed by atoms with Crippen molar-refractivity contribution in [3.8, 4) is 0 Å². The van der Waals surface area contributed by atoms with Gasteiger partial charge in [0.25, 0.3) is 0 Å². The maximum atomic E-state index is 10.9. The lowest BCUT2D eigenvalue weighted by Crippen LogP contribution is -2.33. The van der Waals surface area contributed by atoms with Gasteiger partial charge in [0.1, 0.15) is 5.82 Å². The summed E-state index contributed by atoms with van der Waals surface area (Å²) in [6, 6.07) is 5.33. The smallest absolute Gasteiger partial charge is 0.335 e. The molecule has 0 atom stereocenters. The molecule has 20 heavy (non-hydrogen) atoms. The quantitative estimate of drug-likeness (QED) is 0.926. The summed E-state index contributed by atoms with van der Waals surface area (Å²) in [7, 11) is 0. The van der Waals surface area contributed by atoms with Crippen LogP contribution in [0.1, 0.15) is 27.3 Å². The van der Waals surface area contributed by atoms with Crippen LogP contribution in [0, 0.1) is 6.92 Å². The molecular formula is C15H17N3O2. The molecule has 1 N–H and O–H groups in total. The van der Waals surface area contributed by atoms with E-state index in [9.17, 15) is 4.79 Å². The van der Waals surface area contributed by atoms with Gasteiger partial charge in [-0.25, -0.2) is 9.78 Å². The fourth-order valence-electron chi connectivity index (χ4n) is 2.61. The third-order valence-electron chi connectivity index (χ3n) is 3.81. The molecule has 1 aliphatic heterocycles. The third-order valence-corrected chi connectivity index (χ3v) is 3.81. The van der Waals surface area contributed by atoms with Crippen LogP contribution < -0.4 is 0 Å². The Labute approximate surface area is 117 Å². The molecule has 0 spiro atoms. The van der Waals surface area contributed by atoms with Crippen molar-refractivity contribution in [1.29, 1.82) is 0 Å². The number of aromatic carboxylic acids is 1. The van der Waals surface area contributed by atoms with E-state index < -0.39 is 5.97 Å². The van der Waals surface area contributed by atoms with E-state index in [0.717, 1.165) is 37.6 Å². The molecule has 1 aliphatic rings. The lowest BCUT2D eigenvalue weighted by atomic mass is 10.0. The van der Waals surface area contributed by atoms with Gasteiger partial charge in [-0.15, -0.1) is 0 Å². The van der Waals surface area contributed by atoms with E-state index in [1.165, 1.54) is 5.56 Å². The van der Waals surface area contributed by atoms with E-state index in [0.29, 0.717) is 5.56 Å². The third kappa shape index (κ3) is 2.44. The van der Waals surface area contributed by atoms with Crippen LogP contribution in [0.5, 0.6) is 0 Å². The van der Waals surface area contributed by atoms with Gasteiger partial charge in [0.15, 0.2) is 0 Å². The highest BCUT2D eigenvalue weighted by Crippen LogP contribution is 2.17. The van der Waals surface area contributed by atoms with E-state index in [4.69, 9.17) is 5.11 Å². The summed E-state index contributed by atoms with van der Waals surface area (Å²) in [6.07, 6.45) is 3.85. The minimum atomic E-state index is -0.875. The number of nitrogens with zero attached hydrogens (tertiary/aromatic N) is 3. The standard InChI is InChI=1S/C15H17N3O2/c1-11-8-12(15(19)20)2-3-13(11)9-17-6-7-18-5-4-16-14(18)10-17/h2-5,8H,6-7,9-10H2,1H3,(H,19,20). The summed E-state index contributed by atoms with van der Waals surface area (Å²) in [4.78, 5) is 17.6. The number of benzene rings is 1. The Kier molecular flexibility index (Phi) is 3.28. The second kappa shape index (κ2) is 5.09. The molecular weight excluding hydrogens is 254 g/mol. The van der Waals surface area contributed by atoms with Crippen LogP contribution in [0.4, 0.5) is 0 Å². The van der Waals surface area contributed by atoms with Gasteiger partial charge >= 0.3 is 5.97 Å². The van der Waals surface area contributed by atoms with Crippen LogP contribution in [-0.4, -0.2) is 32.1 Å². The fourth-order valence-corrected chi connectivity index (χ4v) is 2.61. The number of hydrogen-bond acceptors (Lipinski definition) is 3. The molecule has 0 saturated carbocycles. The molecule has 0 amide bonds. The van der Waals surface area contributed by atoms with Crippen molar-refractivity contribution >= 4 is 5.97 Å². The Morgan fingerprint density at radius 2 is 2.25 bits per heavy atom. The van der Waals surface area contributed by atoms with Crippen LogP contribution in [0.15, 0.2) is 30.6 Å². The summed E-state index contributed by atoms with van der Waals surface area (Å²) < 4.78 is 2.18. The number of aromatic nitrogens is 2. The maximum absolute atomic E-state index is 10.9. The molecule has 0 radical (unpaired) electrons. The van der Waals surface area contributed by atoms with Crippen LogP contribution in [0.2, 0.25) is 0 Å². The highest BCUT2D eigenvalue weighted by molar-refractivity contribution is 5.87. The largest absolute Gasteiger partial charge is 0.478 e. The number of fused-ring (bicyclic) bond motifs is 1. The normalized spacial score (nSPS) is 15.1. The average molecular weight is 271 g/mol. The molecule has 2 heterocycles. The second-order valence-electron chi connectivity index (χ2n) is 5.19. The van der Waals surface area contributed by atoms with Crippen LogP contribution in [-0.2, 0) is 19.6 Å². The molecule has 0 unspecified atom stereocenters. The summed E-state index contributed by atoms with van der Waals surface area (Å²) in [5, 5.41) is 8.99. The molecule has 0 bridgehead atoms. The number of carbonyl (C=O) groups is 1. The molecule has 0 saturated heterocycles. The van der Waals surface area contributed by atoms with Gasteiger partial charge in [-0.1, -0.05) is 6.07 Å². The Bertz CT molecular complexity index is 648. The minimum absolute atomic E-state index is 0.348. The van der Waals surface area contributed by atoms with E-state index in [1.54, 1.807) is 12.1 Å². The first kappa shape index (κ1) is 12.9. The van der Waals surface area contributed by atoms with Gasteiger partial charge in [0, 0.05) is 32.0 Å². The SMILES string of the molecule is Cc1cc(C(=O)O)ccc1CN1CCn2ccnc2C1. The van der Waals surface area contributed by atoms with Gasteiger partial charge < -0.3 is 9.67 Å². The maximum Gasteiger partial charge on any atom is 0.335 e. The van der Waals surface area contributed by atoms with E-state index >= 15 is 0 Å². The van der Waals surface area contributed by atoms with Crippen molar-refractivity contribution < 1.29 is 9.90 Å². The lowest BCUT2D eigenvalue weighted by Gasteiger charge is -2.28. The molecule has 0 aliphatic carbocycles. The zero-order chi connectivity index (χ0) is 14.1. The Morgan fingerprint density at radius 3 is 3.00 bits per heavy atom. The first-order valence-electron chi connectivity index (χ1n) is 6.68. The lowest BCUT2D eigenvalue weighted by molar-refractivity contribution is 0.0696. The number of rotatable bonds is 3. The molecule has 3 rings (SSSR count). The van der Waals surface area contributed by atoms with Crippen molar-refractivity contribution in [3.05, 3.63) is 53.1 Å². The first-order chi connectivity index (χ1) is 9.63. The van der Waals surface area contributed by atoms with Crippen LogP contribution in [0.25, 0.3) is 0 Å². The number of carboxylic acid groups (broad SMARTS) is 1. The monoisotopic (exact) mass is 271 g/mol. The molecule has 1 aromatic heterocycles. The van der Waals surface area contributed by atoms with Gasteiger partial charge in [-0.05, 0) is 30.2 Å². The highest BCUT2D eigenvalue weighted by atomic mass is 16.4. The fraction of sp³-hybridized carbons (Fsp3) is 0.333. The topological polar surface area (TPSA) is 58.4 Å². The van der Waals surface area contributed by atoms with Gasteiger partial charge in [-0.2, -0.15) is 0 Å². The number of hydrogen-bond donors (Lipinski definition) is 1. The minimum Gasteiger partial charge on any atom is -0.478 e. The van der Waals surface area contributed by atoms with Gasteiger partial charge in [0.05, 0.1) is 12.1 Å². The number of imidazole rings is 1. The number of carboxylic acids is 1. The predicted molar refractivity (Wildman–Crippen MR) is 74.5 cm³/mol. The second-order valence-corrected chi connectivity index (χ2v) is 5.19. The van der Waals surface area contributed by atoms with Gasteiger partial charge in [0.2, 0.25) is 0 Å². The Hall–Kier alpha value is -2.14. The van der Waals surface area contributed by atoms with Crippen molar-refractivity contribution in [2.75, 3.05) is 6.54 Å². The Morgan fingerprint density at radius 1 is 1.40 bits per heavy atom. The molecule has 2 aromatic rings. The van der Waals surface area contributed by atoms with Crippen molar-refractivity contribution in [2.24, 2.45) is 0 Å². The van der Waals surface area contributed by atoms with Gasteiger partial charge in [-0.3, -0.25) is 4.90 Å². The molecule has 104 valence electrons. The molecule has 0 fully saturated rings.